The monoisotopic (exact) mass is 432 g/mol. The zero-order chi connectivity index (χ0) is 22.7. The molecule has 7 atom stereocenters. The first-order chi connectivity index (χ1) is 14.5. The van der Waals surface area contributed by atoms with Crippen molar-refractivity contribution in [2.75, 3.05) is 0 Å². The van der Waals surface area contributed by atoms with Gasteiger partial charge in [-0.15, -0.1) is 0 Å². The van der Waals surface area contributed by atoms with Gasteiger partial charge in [0.25, 0.3) is 0 Å². The van der Waals surface area contributed by atoms with Crippen LogP contribution in [0.25, 0.3) is 0 Å². The highest BCUT2D eigenvalue weighted by atomic mass is 16.6. The number of carbonyl (C=O) groups is 3. The molecule has 0 bridgehead atoms. The molecule has 2 fully saturated rings. The Morgan fingerprint density at radius 3 is 2.39 bits per heavy atom. The van der Waals surface area contributed by atoms with Crippen molar-refractivity contribution in [3.05, 3.63) is 22.8 Å². The van der Waals surface area contributed by atoms with Gasteiger partial charge in [0.2, 0.25) is 0 Å². The minimum absolute atomic E-state index is 0.0366. The van der Waals surface area contributed by atoms with Gasteiger partial charge in [-0.3, -0.25) is 9.59 Å². The topological polar surface area (TPSA) is 91.4 Å². The fourth-order valence-corrected chi connectivity index (χ4v) is 6.02. The van der Waals surface area contributed by atoms with E-state index in [-0.39, 0.29) is 29.9 Å². The van der Waals surface area contributed by atoms with E-state index in [9.17, 15) is 14.4 Å². The summed E-state index contributed by atoms with van der Waals surface area (Å²) < 4.78 is 23.6. The van der Waals surface area contributed by atoms with Gasteiger partial charge in [0.1, 0.15) is 18.3 Å². The summed E-state index contributed by atoms with van der Waals surface area (Å²) in [5.74, 6) is -1.15. The second-order valence-corrected chi connectivity index (χ2v) is 9.87. The summed E-state index contributed by atoms with van der Waals surface area (Å²) in [6, 6.07) is 0. The molecule has 0 aromatic heterocycles. The van der Waals surface area contributed by atoms with Gasteiger partial charge in [0.05, 0.1) is 11.7 Å². The molecule has 4 rings (SSSR count). The summed E-state index contributed by atoms with van der Waals surface area (Å²) >= 11 is 0. The molecule has 0 N–H and O–H groups in total. The number of carbonyl (C=O) groups excluding carboxylic acids is 3. The SMILES string of the molecule is CC(=O)O[C@H]1CCC(C)=C[C@@H]2OC(=O)C(C)=C2C[C@H]2[C@@]3(C)O[C@H]3C[C@H](OC(C)=O)[C@]12C. The molecule has 2 aliphatic heterocycles. The Bertz CT molecular complexity index is 886. The lowest BCUT2D eigenvalue weighted by Gasteiger charge is -2.51. The van der Waals surface area contributed by atoms with Crippen LogP contribution in [0.5, 0.6) is 0 Å². The van der Waals surface area contributed by atoms with Crippen molar-refractivity contribution in [3.8, 4) is 0 Å². The molecule has 7 nitrogen and oxygen atoms in total. The number of epoxide rings is 1. The number of esters is 3. The first-order valence-electron chi connectivity index (χ1n) is 11.1. The molecular weight excluding hydrogens is 400 g/mol. The van der Waals surface area contributed by atoms with Crippen molar-refractivity contribution < 1.29 is 33.3 Å². The van der Waals surface area contributed by atoms with Crippen molar-refractivity contribution in [2.45, 2.75) is 97.2 Å². The van der Waals surface area contributed by atoms with Crippen LogP contribution in [-0.4, -0.2) is 47.9 Å². The number of hydrogen-bond acceptors (Lipinski definition) is 7. The van der Waals surface area contributed by atoms with E-state index < -0.39 is 29.3 Å². The first-order valence-corrected chi connectivity index (χ1v) is 11.1. The molecule has 2 aliphatic carbocycles. The number of ether oxygens (including phenoxy) is 4. The summed E-state index contributed by atoms with van der Waals surface area (Å²) in [7, 11) is 0. The van der Waals surface area contributed by atoms with Crippen molar-refractivity contribution in [1.82, 2.24) is 0 Å². The summed E-state index contributed by atoms with van der Waals surface area (Å²) in [6.07, 6.45) is 3.03. The minimum atomic E-state index is -0.680. The molecule has 170 valence electrons. The van der Waals surface area contributed by atoms with Crippen molar-refractivity contribution >= 4 is 17.9 Å². The quantitative estimate of drug-likeness (QED) is 0.286. The lowest BCUT2D eigenvalue weighted by Crippen LogP contribution is -2.59. The maximum atomic E-state index is 12.4. The van der Waals surface area contributed by atoms with Gasteiger partial charge in [-0.1, -0.05) is 12.5 Å². The average molecular weight is 433 g/mol. The summed E-state index contributed by atoms with van der Waals surface area (Å²) in [5.41, 5.74) is 1.50. The molecule has 0 unspecified atom stereocenters. The predicted molar refractivity (Wildman–Crippen MR) is 111 cm³/mol. The molecule has 0 aromatic carbocycles. The third-order valence-corrected chi connectivity index (χ3v) is 7.88. The molecule has 31 heavy (non-hydrogen) atoms. The molecule has 0 amide bonds. The predicted octanol–water partition coefficient (Wildman–Crippen LogP) is 3.41. The van der Waals surface area contributed by atoms with Crippen molar-refractivity contribution in [3.63, 3.8) is 0 Å². The number of fused-ring (bicyclic) bond motifs is 4. The van der Waals surface area contributed by atoms with Crippen LogP contribution >= 0.6 is 0 Å². The van der Waals surface area contributed by atoms with Crippen LogP contribution in [-0.2, 0) is 33.3 Å². The highest BCUT2D eigenvalue weighted by Gasteiger charge is 2.71. The van der Waals surface area contributed by atoms with Crippen LogP contribution in [0, 0.1) is 11.3 Å². The third kappa shape index (κ3) is 3.60. The van der Waals surface area contributed by atoms with E-state index >= 15 is 0 Å². The standard InChI is InChI=1S/C24H32O7/c1-12-7-8-19(28-14(3)25)23(5)18(10-16-13(2)22(27)30-17(16)9-12)24(6)21(31-24)11-20(23)29-15(4)26/h9,17-21H,7-8,10-11H2,1-6H3/t17-,18+,19-,20-,21-,23-,24+/m0/s1. The number of allylic oxidation sites excluding steroid dienone is 1. The molecule has 0 spiro atoms. The lowest BCUT2D eigenvalue weighted by atomic mass is 9.56. The Hall–Kier alpha value is -2.15. The highest BCUT2D eigenvalue weighted by Crippen LogP contribution is 2.63. The maximum Gasteiger partial charge on any atom is 0.334 e. The van der Waals surface area contributed by atoms with Crippen LogP contribution in [0.2, 0.25) is 0 Å². The van der Waals surface area contributed by atoms with Crippen LogP contribution in [0.3, 0.4) is 0 Å². The zero-order valence-electron chi connectivity index (χ0n) is 19.2. The van der Waals surface area contributed by atoms with Gasteiger partial charge in [-0.05, 0) is 51.7 Å². The van der Waals surface area contributed by atoms with E-state index in [4.69, 9.17) is 18.9 Å². The Morgan fingerprint density at radius 2 is 1.74 bits per heavy atom. The molecule has 4 aliphatic rings. The average Bonchev–Trinajstić information content (AvgIpc) is 3.25. The van der Waals surface area contributed by atoms with Crippen LogP contribution < -0.4 is 0 Å². The van der Waals surface area contributed by atoms with Gasteiger partial charge in [-0.25, -0.2) is 4.79 Å². The summed E-state index contributed by atoms with van der Waals surface area (Å²) in [5, 5.41) is 0. The third-order valence-electron chi connectivity index (χ3n) is 7.88. The van der Waals surface area contributed by atoms with Gasteiger partial charge in [0, 0.05) is 37.2 Å². The number of hydrogen-bond donors (Lipinski definition) is 0. The molecule has 0 aromatic rings. The van der Waals surface area contributed by atoms with E-state index in [1.165, 1.54) is 13.8 Å². The Morgan fingerprint density at radius 1 is 1.10 bits per heavy atom. The molecule has 1 saturated heterocycles. The molecular formula is C24H32O7. The summed E-state index contributed by atoms with van der Waals surface area (Å²) in [6.45, 7) is 10.7. The largest absolute Gasteiger partial charge is 0.462 e. The van der Waals surface area contributed by atoms with Gasteiger partial charge >= 0.3 is 17.9 Å². The fraction of sp³-hybridized carbons (Fsp3) is 0.708. The zero-order valence-corrected chi connectivity index (χ0v) is 19.2. The van der Waals surface area contributed by atoms with Crippen molar-refractivity contribution in [1.29, 1.82) is 0 Å². The Labute approximate surface area is 183 Å². The van der Waals surface area contributed by atoms with E-state index in [1.807, 2.05) is 19.9 Å². The van der Waals surface area contributed by atoms with E-state index in [1.54, 1.807) is 6.92 Å². The Balaban J connectivity index is 1.86. The van der Waals surface area contributed by atoms with Gasteiger partial charge < -0.3 is 18.9 Å². The summed E-state index contributed by atoms with van der Waals surface area (Å²) in [4.78, 5) is 36.5. The first kappa shape index (κ1) is 22.1. The second-order valence-electron chi connectivity index (χ2n) is 9.87. The second kappa shape index (κ2) is 7.47. The highest BCUT2D eigenvalue weighted by molar-refractivity contribution is 5.92. The molecule has 0 radical (unpaired) electrons. The smallest absolute Gasteiger partial charge is 0.334 e. The molecule has 2 heterocycles. The van der Waals surface area contributed by atoms with Crippen LogP contribution in [0.15, 0.2) is 22.8 Å². The van der Waals surface area contributed by atoms with E-state index in [2.05, 4.69) is 6.92 Å². The van der Waals surface area contributed by atoms with Crippen LogP contribution in [0.1, 0.15) is 67.2 Å². The normalized spacial score (nSPS) is 41.8. The molecule has 1 saturated carbocycles. The number of rotatable bonds is 2. The molecule has 7 heteroatoms. The maximum absolute atomic E-state index is 12.4. The van der Waals surface area contributed by atoms with E-state index in [0.29, 0.717) is 31.3 Å². The van der Waals surface area contributed by atoms with Gasteiger partial charge in [-0.2, -0.15) is 0 Å². The van der Waals surface area contributed by atoms with E-state index in [0.717, 1.165) is 11.1 Å². The van der Waals surface area contributed by atoms with Crippen LogP contribution in [0.4, 0.5) is 0 Å². The Kier molecular flexibility index (Phi) is 5.31. The lowest BCUT2D eigenvalue weighted by molar-refractivity contribution is -0.187. The van der Waals surface area contributed by atoms with Crippen molar-refractivity contribution in [2.24, 2.45) is 11.3 Å². The minimum Gasteiger partial charge on any atom is -0.462 e. The van der Waals surface area contributed by atoms with Gasteiger partial charge in [0.15, 0.2) is 0 Å². The fourth-order valence-electron chi connectivity index (χ4n) is 6.02.